The van der Waals surface area contributed by atoms with E-state index < -0.39 is 0 Å². The first kappa shape index (κ1) is 14.0. The van der Waals surface area contributed by atoms with Crippen LogP contribution in [0.5, 0.6) is 0 Å². The van der Waals surface area contributed by atoms with Gasteiger partial charge < -0.3 is 10.1 Å². The summed E-state index contributed by atoms with van der Waals surface area (Å²) in [5, 5.41) is 3.64. The Morgan fingerprint density at radius 2 is 2.00 bits per heavy atom. The van der Waals surface area contributed by atoms with E-state index in [-0.39, 0.29) is 0 Å². The van der Waals surface area contributed by atoms with Crippen molar-refractivity contribution < 1.29 is 4.74 Å². The Morgan fingerprint density at radius 1 is 1.25 bits per heavy atom. The molecule has 3 atom stereocenters. The van der Waals surface area contributed by atoms with E-state index >= 15 is 0 Å². The summed E-state index contributed by atoms with van der Waals surface area (Å²) in [5.41, 5.74) is 0. The molecule has 0 heterocycles. The maximum atomic E-state index is 5.91. The molecule has 0 spiro atoms. The van der Waals surface area contributed by atoms with Gasteiger partial charge >= 0.3 is 0 Å². The van der Waals surface area contributed by atoms with Gasteiger partial charge in [0.15, 0.2) is 0 Å². The molecule has 0 aromatic rings. The summed E-state index contributed by atoms with van der Waals surface area (Å²) in [5.74, 6) is 1.66. The lowest BCUT2D eigenvalue weighted by molar-refractivity contribution is -0.0105. The molecule has 2 heteroatoms. The molecular weight excluding hydrogens is 198 g/mol. The average Bonchev–Trinajstić information content (AvgIpc) is 2.27. The molecule has 0 aromatic carbocycles. The van der Waals surface area contributed by atoms with E-state index in [1.165, 1.54) is 25.7 Å². The molecule has 1 fully saturated rings. The Balaban J connectivity index is 2.45. The van der Waals surface area contributed by atoms with E-state index in [4.69, 9.17) is 4.74 Å². The maximum absolute atomic E-state index is 5.91. The van der Waals surface area contributed by atoms with Gasteiger partial charge in [-0.15, -0.1) is 0 Å². The SMILES string of the molecule is CCCNC1CCC(C(C)C)CC1OCC. The molecule has 1 saturated carbocycles. The average molecular weight is 227 g/mol. The zero-order chi connectivity index (χ0) is 12.0. The minimum atomic E-state index is 0.442. The van der Waals surface area contributed by atoms with Crippen LogP contribution in [-0.2, 0) is 4.74 Å². The van der Waals surface area contributed by atoms with E-state index in [9.17, 15) is 0 Å². The summed E-state index contributed by atoms with van der Waals surface area (Å²) in [6, 6.07) is 0.592. The molecule has 0 aliphatic heterocycles. The lowest BCUT2D eigenvalue weighted by atomic mass is 9.78. The van der Waals surface area contributed by atoms with Crippen LogP contribution in [0, 0.1) is 11.8 Å². The summed E-state index contributed by atoms with van der Waals surface area (Å²) < 4.78 is 5.91. The third-order valence-electron chi connectivity index (χ3n) is 3.81. The number of rotatable bonds is 6. The van der Waals surface area contributed by atoms with Gasteiger partial charge in [-0.2, -0.15) is 0 Å². The number of hydrogen-bond donors (Lipinski definition) is 1. The maximum Gasteiger partial charge on any atom is 0.0730 e. The van der Waals surface area contributed by atoms with Crippen molar-refractivity contribution in [1.29, 1.82) is 0 Å². The fraction of sp³-hybridized carbons (Fsp3) is 1.00. The predicted octanol–water partition coefficient (Wildman–Crippen LogP) is 3.22. The highest BCUT2D eigenvalue weighted by atomic mass is 16.5. The van der Waals surface area contributed by atoms with E-state index in [0.717, 1.165) is 25.0 Å². The van der Waals surface area contributed by atoms with Gasteiger partial charge in [0.05, 0.1) is 6.10 Å². The molecule has 1 rings (SSSR count). The van der Waals surface area contributed by atoms with Crippen LogP contribution in [0.1, 0.15) is 53.4 Å². The molecule has 2 nitrogen and oxygen atoms in total. The van der Waals surface area contributed by atoms with Gasteiger partial charge in [-0.05, 0) is 51.0 Å². The lowest BCUT2D eigenvalue weighted by Gasteiger charge is -2.38. The van der Waals surface area contributed by atoms with E-state index in [1.807, 2.05) is 0 Å². The Labute approximate surface area is 101 Å². The van der Waals surface area contributed by atoms with Crippen molar-refractivity contribution in [3.63, 3.8) is 0 Å². The highest BCUT2D eigenvalue weighted by Crippen LogP contribution is 2.31. The van der Waals surface area contributed by atoms with Crippen LogP contribution in [0.2, 0.25) is 0 Å². The van der Waals surface area contributed by atoms with Gasteiger partial charge in [-0.1, -0.05) is 20.8 Å². The van der Waals surface area contributed by atoms with Crippen LogP contribution in [0.3, 0.4) is 0 Å². The van der Waals surface area contributed by atoms with Crippen LogP contribution >= 0.6 is 0 Å². The highest BCUT2D eigenvalue weighted by molar-refractivity contribution is 4.86. The van der Waals surface area contributed by atoms with Gasteiger partial charge in [0.25, 0.3) is 0 Å². The topological polar surface area (TPSA) is 21.3 Å². The number of ether oxygens (including phenoxy) is 1. The molecule has 0 saturated heterocycles. The third-order valence-corrected chi connectivity index (χ3v) is 3.81. The van der Waals surface area contributed by atoms with E-state index in [0.29, 0.717) is 12.1 Å². The van der Waals surface area contributed by atoms with Crippen molar-refractivity contribution >= 4 is 0 Å². The molecule has 0 amide bonds. The summed E-state index contributed by atoms with van der Waals surface area (Å²) in [6.45, 7) is 11.0. The van der Waals surface area contributed by atoms with Crippen LogP contribution in [-0.4, -0.2) is 25.3 Å². The standard InChI is InChI=1S/C14H29NO/c1-5-9-15-13-8-7-12(11(3)4)10-14(13)16-6-2/h11-15H,5-10H2,1-4H3. The van der Waals surface area contributed by atoms with Gasteiger partial charge in [0, 0.05) is 12.6 Å². The van der Waals surface area contributed by atoms with Crippen LogP contribution < -0.4 is 5.32 Å². The second kappa shape index (κ2) is 7.29. The summed E-state index contributed by atoms with van der Waals surface area (Å²) in [7, 11) is 0. The normalized spacial score (nSPS) is 30.9. The van der Waals surface area contributed by atoms with Gasteiger partial charge in [-0.3, -0.25) is 0 Å². The molecular formula is C14H29NO. The summed E-state index contributed by atoms with van der Waals surface area (Å²) >= 11 is 0. The second-order valence-corrected chi connectivity index (χ2v) is 5.37. The first-order chi connectivity index (χ1) is 7.69. The Hall–Kier alpha value is -0.0800. The molecule has 0 bridgehead atoms. The van der Waals surface area contributed by atoms with Crippen LogP contribution in [0.25, 0.3) is 0 Å². The van der Waals surface area contributed by atoms with E-state index in [1.54, 1.807) is 0 Å². The fourth-order valence-electron chi connectivity index (χ4n) is 2.73. The Kier molecular flexibility index (Phi) is 6.37. The largest absolute Gasteiger partial charge is 0.377 e. The first-order valence-corrected chi connectivity index (χ1v) is 7.04. The lowest BCUT2D eigenvalue weighted by Crippen LogP contribution is -2.46. The van der Waals surface area contributed by atoms with Gasteiger partial charge in [-0.25, -0.2) is 0 Å². The second-order valence-electron chi connectivity index (χ2n) is 5.37. The minimum absolute atomic E-state index is 0.442. The molecule has 1 N–H and O–H groups in total. The van der Waals surface area contributed by atoms with Gasteiger partial charge in [0.1, 0.15) is 0 Å². The van der Waals surface area contributed by atoms with Crippen LogP contribution in [0.4, 0.5) is 0 Å². The molecule has 1 aliphatic carbocycles. The van der Waals surface area contributed by atoms with Crippen molar-refractivity contribution in [1.82, 2.24) is 5.32 Å². The molecule has 0 aromatic heterocycles. The Bertz CT molecular complexity index is 182. The summed E-state index contributed by atoms with van der Waals surface area (Å²) in [6.07, 6.45) is 5.55. The Morgan fingerprint density at radius 3 is 2.56 bits per heavy atom. The first-order valence-electron chi connectivity index (χ1n) is 7.04. The summed E-state index contributed by atoms with van der Waals surface area (Å²) in [4.78, 5) is 0. The molecule has 3 unspecified atom stereocenters. The third kappa shape index (κ3) is 4.06. The highest BCUT2D eigenvalue weighted by Gasteiger charge is 2.31. The zero-order valence-electron chi connectivity index (χ0n) is 11.5. The van der Waals surface area contributed by atoms with Crippen molar-refractivity contribution in [2.45, 2.75) is 65.5 Å². The number of nitrogens with one attached hydrogen (secondary N) is 1. The van der Waals surface area contributed by atoms with Gasteiger partial charge in [0.2, 0.25) is 0 Å². The molecule has 96 valence electrons. The molecule has 0 radical (unpaired) electrons. The van der Waals surface area contributed by atoms with Crippen LogP contribution in [0.15, 0.2) is 0 Å². The van der Waals surface area contributed by atoms with Crippen molar-refractivity contribution in [2.24, 2.45) is 11.8 Å². The van der Waals surface area contributed by atoms with E-state index in [2.05, 4.69) is 33.0 Å². The molecule has 1 aliphatic rings. The predicted molar refractivity (Wildman–Crippen MR) is 69.7 cm³/mol. The number of hydrogen-bond acceptors (Lipinski definition) is 2. The minimum Gasteiger partial charge on any atom is -0.377 e. The molecule has 16 heavy (non-hydrogen) atoms. The fourth-order valence-corrected chi connectivity index (χ4v) is 2.73. The quantitative estimate of drug-likeness (QED) is 0.752. The monoisotopic (exact) mass is 227 g/mol. The van der Waals surface area contributed by atoms with Crippen molar-refractivity contribution in [3.8, 4) is 0 Å². The zero-order valence-corrected chi connectivity index (χ0v) is 11.5. The smallest absolute Gasteiger partial charge is 0.0730 e. The van der Waals surface area contributed by atoms with Crippen molar-refractivity contribution in [2.75, 3.05) is 13.2 Å². The van der Waals surface area contributed by atoms with Crippen molar-refractivity contribution in [3.05, 3.63) is 0 Å².